The first-order valence-corrected chi connectivity index (χ1v) is 26.4. The summed E-state index contributed by atoms with van der Waals surface area (Å²) in [5, 5.41) is 14.3. The number of nitrogens with one attached hydrogen (secondary N) is 1. The molecule has 0 aliphatic rings. The van der Waals surface area contributed by atoms with Gasteiger partial charge in [-0.05, 0) is 123 Å². The number of carboxylic acids is 1. The van der Waals surface area contributed by atoms with Crippen LogP contribution in [0.15, 0.2) is 0 Å². The van der Waals surface area contributed by atoms with Gasteiger partial charge in [-0.1, -0.05) is 32.1 Å². The van der Waals surface area contributed by atoms with E-state index in [0.717, 1.165) is 149 Å². The van der Waals surface area contributed by atoms with Gasteiger partial charge in [-0.15, -0.1) is 15.8 Å². The first-order chi connectivity index (χ1) is 27.1. The quantitative estimate of drug-likeness (QED) is 0.0423. The molecule has 1 radical (unpaired) electrons. The van der Waals surface area contributed by atoms with Crippen LogP contribution in [0.2, 0.25) is 0 Å². The summed E-state index contributed by atoms with van der Waals surface area (Å²) in [7, 11) is -0.246. The van der Waals surface area contributed by atoms with E-state index >= 15 is 0 Å². The van der Waals surface area contributed by atoms with Crippen molar-refractivity contribution in [3.63, 3.8) is 0 Å². The summed E-state index contributed by atoms with van der Waals surface area (Å²) < 4.78 is 29.4. The van der Waals surface area contributed by atoms with Crippen LogP contribution in [0, 0.1) is 0 Å². The number of nitrogens with zero attached hydrogens (tertiary/aromatic N) is 1. The molecule has 0 aliphatic carbocycles. The van der Waals surface area contributed by atoms with Crippen LogP contribution in [0.4, 0.5) is 0 Å². The largest absolute Gasteiger partial charge is 0.791 e. The van der Waals surface area contributed by atoms with Gasteiger partial charge in [0.1, 0.15) is 0 Å². The maximum absolute atomic E-state index is 11.8. The van der Waals surface area contributed by atoms with Gasteiger partial charge >= 0.3 is 0 Å². The topological polar surface area (TPSA) is 145 Å². The van der Waals surface area contributed by atoms with Crippen molar-refractivity contribution in [2.75, 3.05) is 128 Å². The predicted molar refractivity (Wildman–Crippen MR) is 238 cm³/mol. The number of hydrogen-bond acceptors (Lipinski definition) is 11. The van der Waals surface area contributed by atoms with E-state index in [2.05, 4.69) is 44.8 Å². The number of carbonyl (C=O) groups is 2. The van der Waals surface area contributed by atoms with E-state index in [-0.39, 0.29) is 54.0 Å². The number of nitrogens with two attached hydrogens (primary N) is 1. The molecule has 0 saturated carbocycles. The number of carbonyl (C=O) groups excluding carboxylic acids is 2. The molecule has 15 heteroatoms. The Morgan fingerprint density at radius 2 is 1.12 bits per heavy atom. The molecule has 0 spiro atoms. The number of hydrogen-bond donors (Lipinski definition) is 2. The van der Waals surface area contributed by atoms with Crippen LogP contribution in [-0.2, 0) is 66.0 Å². The second-order valence-corrected chi connectivity index (χ2v) is 20.5. The van der Waals surface area contributed by atoms with Gasteiger partial charge in [-0.3, -0.25) is 4.79 Å². The van der Waals surface area contributed by atoms with Gasteiger partial charge in [0.15, 0.2) is 0 Å². The molecule has 0 aromatic carbocycles. The Hall–Kier alpha value is 0.519. The van der Waals surface area contributed by atoms with Gasteiger partial charge in [0.05, 0.1) is 18.2 Å². The molecule has 57 heavy (non-hydrogen) atoms. The van der Waals surface area contributed by atoms with Crippen molar-refractivity contribution < 1.29 is 58.5 Å². The normalized spacial score (nSPS) is 13.8. The molecule has 341 valence electrons. The molecule has 3 unspecified atom stereocenters. The predicted octanol–water partition coefficient (Wildman–Crippen LogP) is 5.98. The molecule has 0 saturated heterocycles. The second kappa shape index (κ2) is 43.2. The first-order valence-electron chi connectivity index (χ1n) is 22.1. The van der Waals surface area contributed by atoms with Crippen LogP contribution in [0.3, 0.4) is 0 Å². The number of aliphatic carboxylic acids is 1. The van der Waals surface area contributed by atoms with E-state index in [1.807, 2.05) is 0 Å². The zero-order valence-corrected chi connectivity index (χ0v) is 41.3. The summed E-state index contributed by atoms with van der Waals surface area (Å²) in [6.07, 6.45) is 19.3. The molecule has 0 aliphatic heterocycles. The van der Waals surface area contributed by atoms with E-state index < -0.39 is 17.6 Å². The fourth-order valence-electron chi connectivity index (χ4n) is 6.51. The van der Waals surface area contributed by atoms with Crippen molar-refractivity contribution in [3.05, 3.63) is 0 Å². The van der Waals surface area contributed by atoms with Gasteiger partial charge in [-0.25, -0.2) is 0 Å². The minimum atomic E-state index is -1.02. The molecule has 3 N–H and O–H groups in total. The van der Waals surface area contributed by atoms with Crippen LogP contribution in [0.1, 0.15) is 118 Å². The van der Waals surface area contributed by atoms with Gasteiger partial charge in [0, 0.05) is 105 Å². The monoisotopic (exact) mass is 952 g/mol. The third-order valence-corrected chi connectivity index (χ3v) is 15.8. The Morgan fingerprint density at radius 1 is 0.667 bits per heavy atom. The Morgan fingerprint density at radius 3 is 1.60 bits per heavy atom. The summed E-state index contributed by atoms with van der Waals surface area (Å²) in [6, 6.07) is -0.601. The van der Waals surface area contributed by atoms with E-state index in [0.29, 0.717) is 19.6 Å². The zero-order chi connectivity index (χ0) is 41.5. The fourth-order valence-corrected chi connectivity index (χ4v) is 11.4. The van der Waals surface area contributed by atoms with Crippen molar-refractivity contribution in [1.82, 2.24) is 10.2 Å². The molecule has 0 fully saturated rings. The second-order valence-electron chi connectivity index (χ2n) is 14.8. The van der Waals surface area contributed by atoms with E-state index in [9.17, 15) is 14.7 Å². The molecule has 0 aromatic heterocycles. The molecule has 0 rings (SSSR count). The third kappa shape index (κ3) is 38.0. The average Bonchev–Trinajstić information content (AvgIpc) is 3.19. The van der Waals surface area contributed by atoms with E-state index in [1.165, 1.54) is 30.8 Å². The van der Waals surface area contributed by atoms with Gasteiger partial charge in [0.25, 0.3) is 0 Å². The standard InChI is InChI=1S/C42H87N3O8P2S.Tc/c1-6-49-27-16-32-54(33-17-28-50-7-2)36-25-45(24-31-52-9-4)26-37-55(34-18-29-51-8-3)35-19-30-53-42(5,22-20-40(46)47)21-14-12-10-11-13-15-23-44-41(48)39(43)38-56;/h39,56H,6-38,43H2,1-5H3,(H,44,48)(H,46,47);/p-2/i;1+1. The molecular formula is C42H85N3O8P2STc-2. The Bertz CT molecular complexity index is 898. The number of carboxylic acid groups (broad SMARTS) is 1. The number of amides is 1. The number of rotatable bonds is 44. The summed E-state index contributed by atoms with van der Waals surface area (Å²) in [4.78, 5) is 25.8. The molecular weight excluding hydrogens is 867 g/mol. The van der Waals surface area contributed by atoms with Gasteiger partial charge in [0.2, 0.25) is 5.91 Å². The molecule has 0 aromatic rings. The van der Waals surface area contributed by atoms with Crippen LogP contribution >= 0.6 is 15.8 Å². The SMILES string of the molecule is CCOCCCP(CCCOCC)CCN(CCOCC)CCP(CCCOCC)CCCOC(C)(CCCCCCCCNC(=O)C(N)C[S-])CCC(=O)[O-].[99Tc]. The molecule has 1 amide bonds. The van der Waals surface area contributed by atoms with E-state index in [1.54, 1.807) is 0 Å². The molecule has 11 nitrogen and oxygen atoms in total. The first kappa shape index (κ1) is 59.6. The van der Waals surface area contributed by atoms with Crippen molar-refractivity contribution in [2.24, 2.45) is 5.73 Å². The number of ether oxygens (including phenoxy) is 5. The van der Waals surface area contributed by atoms with Crippen molar-refractivity contribution in [3.8, 4) is 0 Å². The third-order valence-electron chi connectivity index (χ3n) is 10.00. The summed E-state index contributed by atoms with van der Waals surface area (Å²) in [6.45, 7) is 21.2. The van der Waals surface area contributed by atoms with Crippen molar-refractivity contribution >= 4 is 40.3 Å². The smallest absolute Gasteiger partial charge is 0.234 e. The van der Waals surface area contributed by atoms with Crippen LogP contribution in [0.5, 0.6) is 0 Å². The van der Waals surface area contributed by atoms with Crippen LogP contribution in [-0.4, -0.2) is 157 Å². The minimum Gasteiger partial charge on any atom is -0.791 e. The summed E-state index contributed by atoms with van der Waals surface area (Å²) in [5.74, 6) is -0.953. The molecule has 3 atom stereocenters. The summed E-state index contributed by atoms with van der Waals surface area (Å²) in [5.41, 5.74) is 5.21. The Kier molecular flexibility index (Phi) is 45.2. The average molecular weight is 953 g/mol. The van der Waals surface area contributed by atoms with E-state index in [4.69, 9.17) is 42.0 Å². The zero-order valence-electron chi connectivity index (χ0n) is 36.9. The van der Waals surface area contributed by atoms with Crippen molar-refractivity contribution in [2.45, 2.75) is 130 Å². The molecule has 0 heterocycles. The van der Waals surface area contributed by atoms with Gasteiger partial charge in [-0.2, -0.15) is 5.75 Å². The Balaban J connectivity index is 0. The maximum atomic E-state index is 11.8. The summed E-state index contributed by atoms with van der Waals surface area (Å²) >= 11 is 4.86. The van der Waals surface area contributed by atoms with Crippen LogP contribution < -0.4 is 16.2 Å². The fraction of sp³-hybridized carbons (Fsp3) is 0.952. The van der Waals surface area contributed by atoms with Gasteiger partial charge < -0.3 is 62.2 Å². The number of unbranched alkanes of at least 4 members (excludes halogenated alkanes) is 5. The van der Waals surface area contributed by atoms with Crippen LogP contribution in [0.25, 0.3) is 0 Å². The Labute approximate surface area is 371 Å². The molecule has 0 bridgehead atoms. The van der Waals surface area contributed by atoms with Crippen molar-refractivity contribution in [1.29, 1.82) is 0 Å². The minimum absolute atomic E-state index is 0. The maximum Gasteiger partial charge on any atom is 0.234 e.